The van der Waals surface area contributed by atoms with Gasteiger partial charge in [0, 0.05) is 30.5 Å². The Morgan fingerprint density at radius 2 is 2.00 bits per heavy atom. The molecular weight excluding hydrogens is 416 g/mol. The standard InChI is InChI=1S/C24H30N6O2.CH4/c1-14-6-16-10-26-30(21(16)8-19(14)20-4-5-25-13-24(20,3)31)23-9-22(27-15(2)28-23)29-11-18-7-17(29)12-32-18;/h6,8-10,17-18,20,25,31H,4-5,7,11-13H2,1-3H3;1H4. The molecule has 3 saturated heterocycles. The molecule has 2 aromatic heterocycles. The van der Waals surface area contributed by atoms with Crippen molar-refractivity contribution in [3.63, 3.8) is 0 Å². The van der Waals surface area contributed by atoms with Crippen LogP contribution in [0.1, 0.15) is 50.1 Å². The lowest BCUT2D eigenvalue weighted by molar-refractivity contribution is 0.0130. The lowest BCUT2D eigenvalue weighted by Crippen LogP contribution is -2.48. The van der Waals surface area contributed by atoms with E-state index in [2.05, 4.69) is 29.3 Å². The van der Waals surface area contributed by atoms with Crippen molar-refractivity contribution in [2.75, 3.05) is 31.1 Å². The van der Waals surface area contributed by atoms with Crippen LogP contribution < -0.4 is 10.2 Å². The smallest absolute Gasteiger partial charge is 0.159 e. The second-order valence-corrected chi connectivity index (χ2v) is 9.83. The third-order valence-corrected chi connectivity index (χ3v) is 7.40. The summed E-state index contributed by atoms with van der Waals surface area (Å²) in [4.78, 5) is 11.8. The van der Waals surface area contributed by atoms with E-state index in [1.165, 1.54) is 11.1 Å². The Morgan fingerprint density at radius 1 is 1.18 bits per heavy atom. The van der Waals surface area contributed by atoms with Gasteiger partial charge in [-0.25, -0.2) is 14.6 Å². The van der Waals surface area contributed by atoms with Gasteiger partial charge in [-0.05, 0) is 63.4 Å². The summed E-state index contributed by atoms with van der Waals surface area (Å²) in [6.07, 6.45) is 4.19. The minimum atomic E-state index is -0.780. The topological polar surface area (TPSA) is 88.3 Å². The van der Waals surface area contributed by atoms with Crippen molar-refractivity contribution in [3.05, 3.63) is 41.3 Å². The Kier molecular flexibility index (Phi) is 5.42. The van der Waals surface area contributed by atoms with E-state index in [0.717, 1.165) is 60.9 Å². The molecule has 6 rings (SSSR count). The number of nitrogens with zero attached hydrogens (tertiary/aromatic N) is 5. The molecule has 0 aliphatic carbocycles. The number of benzene rings is 1. The first-order chi connectivity index (χ1) is 15.4. The van der Waals surface area contributed by atoms with Gasteiger partial charge in [-0.15, -0.1) is 0 Å². The van der Waals surface area contributed by atoms with E-state index in [4.69, 9.17) is 19.8 Å². The predicted octanol–water partition coefficient (Wildman–Crippen LogP) is 2.87. The van der Waals surface area contributed by atoms with Crippen molar-refractivity contribution in [1.29, 1.82) is 0 Å². The van der Waals surface area contributed by atoms with Crippen molar-refractivity contribution in [2.24, 2.45) is 0 Å². The zero-order chi connectivity index (χ0) is 22.0. The number of nitrogens with one attached hydrogen (secondary N) is 1. The van der Waals surface area contributed by atoms with Crippen LogP contribution in [0.5, 0.6) is 0 Å². The number of hydrogen-bond donors (Lipinski definition) is 2. The van der Waals surface area contributed by atoms with Crippen LogP contribution in [0.3, 0.4) is 0 Å². The number of aromatic nitrogens is 4. The number of anilines is 1. The SMILES string of the molecule is C.Cc1nc(N2CC3CC2CO3)cc(-n2ncc3cc(C)c(C4CCNCC4(C)O)cc32)n1. The largest absolute Gasteiger partial charge is 0.388 e. The van der Waals surface area contributed by atoms with Gasteiger partial charge in [-0.2, -0.15) is 5.10 Å². The normalized spacial score (nSPS) is 29.0. The number of morpholine rings is 1. The van der Waals surface area contributed by atoms with Crippen LogP contribution in [-0.2, 0) is 4.74 Å². The molecule has 8 heteroatoms. The fourth-order valence-electron chi connectivity index (χ4n) is 5.75. The minimum Gasteiger partial charge on any atom is -0.388 e. The highest BCUT2D eigenvalue weighted by atomic mass is 16.5. The van der Waals surface area contributed by atoms with Crippen LogP contribution in [0.4, 0.5) is 5.82 Å². The Labute approximate surface area is 195 Å². The third-order valence-electron chi connectivity index (χ3n) is 7.40. The zero-order valence-corrected chi connectivity index (χ0v) is 18.9. The molecule has 4 unspecified atom stereocenters. The maximum atomic E-state index is 11.0. The zero-order valence-electron chi connectivity index (χ0n) is 18.9. The van der Waals surface area contributed by atoms with Gasteiger partial charge in [-0.1, -0.05) is 7.43 Å². The fourth-order valence-corrected chi connectivity index (χ4v) is 5.75. The Balaban J connectivity index is 0.00000228. The van der Waals surface area contributed by atoms with Gasteiger partial charge in [0.15, 0.2) is 5.82 Å². The average Bonchev–Trinajstić information content (AvgIpc) is 3.48. The minimum absolute atomic E-state index is 0. The number of piperidine rings is 1. The molecule has 3 aliphatic rings. The molecule has 1 aromatic carbocycles. The summed E-state index contributed by atoms with van der Waals surface area (Å²) < 4.78 is 7.68. The summed E-state index contributed by atoms with van der Waals surface area (Å²) in [5.74, 6) is 2.54. The van der Waals surface area contributed by atoms with Gasteiger partial charge in [0.05, 0.1) is 36.1 Å². The summed E-state index contributed by atoms with van der Waals surface area (Å²) in [6, 6.07) is 6.82. The number of hydrogen-bond acceptors (Lipinski definition) is 7. The molecule has 33 heavy (non-hydrogen) atoms. The van der Waals surface area contributed by atoms with Gasteiger partial charge in [0.2, 0.25) is 0 Å². The maximum absolute atomic E-state index is 11.0. The second kappa shape index (κ2) is 8.04. The van der Waals surface area contributed by atoms with Gasteiger partial charge < -0.3 is 20.1 Å². The molecule has 3 fully saturated rings. The van der Waals surface area contributed by atoms with Gasteiger partial charge in [0.1, 0.15) is 11.6 Å². The van der Waals surface area contributed by atoms with Crippen molar-refractivity contribution >= 4 is 16.7 Å². The molecule has 2 bridgehead atoms. The lowest BCUT2D eigenvalue weighted by atomic mass is 9.77. The number of aryl methyl sites for hydroxylation is 2. The monoisotopic (exact) mass is 450 g/mol. The molecule has 2 N–H and O–H groups in total. The highest BCUT2D eigenvalue weighted by Crippen LogP contribution is 2.37. The van der Waals surface area contributed by atoms with Crippen molar-refractivity contribution in [1.82, 2.24) is 25.1 Å². The summed E-state index contributed by atoms with van der Waals surface area (Å²) >= 11 is 0. The van der Waals surface area contributed by atoms with Gasteiger partial charge >= 0.3 is 0 Å². The highest BCUT2D eigenvalue weighted by molar-refractivity contribution is 5.82. The molecule has 176 valence electrons. The fraction of sp³-hybridized carbons (Fsp3) is 0.560. The molecule has 4 atom stereocenters. The van der Waals surface area contributed by atoms with Crippen molar-refractivity contribution < 1.29 is 9.84 Å². The third kappa shape index (κ3) is 3.70. The molecule has 3 aliphatic heterocycles. The van der Waals surface area contributed by atoms with Crippen molar-refractivity contribution in [3.8, 4) is 5.82 Å². The molecular formula is C25H34N6O2. The maximum Gasteiger partial charge on any atom is 0.159 e. The summed E-state index contributed by atoms with van der Waals surface area (Å²) in [7, 11) is 0. The van der Waals surface area contributed by atoms with E-state index >= 15 is 0 Å². The first kappa shape index (κ1) is 22.3. The number of β-amino-alcohol motifs (C(OH)–C–C–N with tert-alkyl or cyclic N) is 1. The summed E-state index contributed by atoms with van der Waals surface area (Å²) in [5.41, 5.74) is 2.61. The molecule has 5 heterocycles. The van der Waals surface area contributed by atoms with Crippen LogP contribution in [0.25, 0.3) is 16.7 Å². The Hall–Kier alpha value is -2.55. The highest BCUT2D eigenvalue weighted by Gasteiger charge is 2.40. The van der Waals surface area contributed by atoms with Gasteiger partial charge in [0.25, 0.3) is 0 Å². The second-order valence-electron chi connectivity index (χ2n) is 9.83. The first-order valence-electron chi connectivity index (χ1n) is 11.5. The van der Waals surface area contributed by atoms with E-state index in [-0.39, 0.29) is 13.3 Å². The molecule has 0 saturated carbocycles. The van der Waals surface area contributed by atoms with Crippen LogP contribution >= 0.6 is 0 Å². The van der Waals surface area contributed by atoms with Crippen LogP contribution in [0, 0.1) is 13.8 Å². The van der Waals surface area contributed by atoms with E-state index in [0.29, 0.717) is 18.7 Å². The molecule has 3 aromatic rings. The quantitative estimate of drug-likeness (QED) is 0.634. The van der Waals surface area contributed by atoms with E-state index < -0.39 is 5.60 Å². The number of aliphatic hydroxyl groups is 1. The van der Waals surface area contributed by atoms with Crippen LogP contribution in [-0.4, -0.2) is 68.8 Å². The molecule has 0 radical (unpaired) electrons. The van der Waals surface area contributed by atoms with Crippen molar-refractivity contribution in [2.45, 2.75) is 64.7 Å². The van der Waals surface area contributed by atoms with E-state index in [1.54, 1.807) is 0 Å². The van der Waals surface area contributed by atoms with E-state index in [1.807, 2.05) is 30.8 Å². The number of ether oxygens (including phenoxy) is 1. The Bertz CT molecular complexity index is 1190. The summed E-state index contributed by atoms with van der Waals surface area (Å²) in [6.45, 7) is 9.16. The Morgan fingerprint density at radius 3 is 2.73 bits per heavy atom. The lowest BCUT2D eigenvalue weighted by Gasteiger charge is -2.38. The molecule has 8 nitrogen and oxygen atoms in total. The van der Waals surface area contributed by atoms with E-state index in [9.17, 15) is 5.11 Å². The predicted molar refractivity (Wildman–Crippen MR) is 129 cm³/mol. The first-order valence-corrected chi connectivity index (χ1v) is 11.5. The number of rotatable bonds is 3. The molecule has 0 spiro atoms. The average molecular weight is 451 g/mol. The van der Waals surface area contributed by atoms with Crippen LogP contribution in [0.15, 0.2) is 24.4 Å². The van der Waals surface area contributed by atoms with Gasteiger partial charge in [-0.3, -0.25) is 0 Å². The number of fused-ring (bicyclic) bond motifs is 3. The van der Waals surface area contributed by atoms with Crippen LogP contribution in [0.2, 0.25) is 0 Å². The summed E-state index contributed by atoms with van der Waals surface area (Å²) in [5, 5.41) is 20.1. The molecule has 0 amide bonds.